The molecule has 3 nitrogen and oxygen atoms in total. The largest absolute Gasteiger partial charge is 0.349 e. The fourth-order valence-corrected chi connectivity index (χ4v) is 2.37. The molecule has 1 aromatic carbocycles. The third-order valence-electron chi connectivity index (χ3n) is 3.72. The molecule has 1 heterocycles. The van der Waals surface area contributed by atoms with Crippen LogP contribution in [0.4, 0.5) is 4.39 Å². The lowest BCUT2D eigenvalue weighted by Crippen LogP contribution is -2.41. The fourth-order valence-electron chi connectivity index (χ4n) is 2.37. The van der Waals surface area contributed by atoms with E-state index in [1.54, 1.807) is 13.0 Å². The van der Waals surface area contributed by atoms with Gasteiger partial charge in [0.1, 0.15) is 5.82 Å². The summed E-state index contributed by atoms with van der Waals surface area (Å²) < 4.78 is 13.5. The summed E-state index contributed by atoms with van der Waals surface area (Å²) >= 11 is 0. The Bertz CT molecular complexity index is 455. The van der Waals surface area contributed by atoms with E-state index in [9.17, 15) is 9.18 Å². The molecule has 2 atom stereocenters. The van der Waals surface area contributed by atoms with Gasteiger partial charge in [-0.05, 0) is 50.4 Å². The standard InChI is InChI=1S/C15H21FN2O/c1-10-5-6-12(8-14(10)16)11(2)18-15(19)13-4-3-7-17-9-13/h5-6,8,11,13,17H,3-4,7,9H2,1-2H3,(H,18,19)/t11?,13-/m0/s1. The molecule has 2 rings (SSSR count). The molecule has 0 aromatic heterocycles. The Morgan fingerprint density at radius 3 is 2.95 bits per heavy atom. The van der Waals surface area contributed by atoms with Crippen molar-refractivity contribution in [3.05, 3.63) is 35.1 Å². The molecule has 0 saturated carbocycles. The van der Waals surface area contributed by atoms with Crippen LogP contribution >= 0.6 is 0 Å². The Morgan fingerprint density at radius 2 is 2.32 bits per heavy atom. The zero-order valence-electron chi connectivity index (χ0n) is 11.5. The maximum absolute atomic E-state index is 13.5. The summed E-state index contributed by atoms with van der Waals surface area (Å²) in [5.74, 6) is -0.134. The minimum absolute atomic E-state index is 0.0338. The summed E-state index contributed by atoms with van der Waals surface area (Å²) in [6.45, 7) is 5.34. The van der Waals surface area contributed by atoms with E-state index in [0.717, 1.165) is 31.5 Å². The van der Waals surface area contributed by atoms with Crippen LogP contribution in [-0.2, 0) is 4.79 Å². The van der Waals surface area contributed by atoms with Crippen LogP contribution in [0.1, 0.15) is 36.9 Å². The normalized spacial score (nSPS) is 20.9. The zero-order chi connectivity index (χ0) is 13.8. The number of piperidine rings is 1. The summed E-state index contributed by atoms with van der Waals surface area (Å²) in [5, 5.41) is 6.19. The Hall–Kier alpha value is -1.42. The molecule has 1 aliphatic heterocycles. The van der Waals surface area contributed by atoms with Crippen LogP contribution in [-0.4, -0.2) is 19.0 Å². The summed E-state index contributed by atoms with van der Waals surface area (Å²) in [5.41, 5.74) is 1.43. The molecule has 19 heavy (non-hydrogen) atoms. The number of halogens is 1. The Morgan fingerprint density at radius 1 is 1.53 bits per heavy atom. The van der Waals surface area contributed by atoms with Gasteiger partial charge in [-0.1, -0.05) is 12.1 Å². The van der Waals surface area contributed by atoms with Gasteiger partial charge in [0.25, 0.3) is 0 Å². The molecule has 4 heteroatoms. The van der Waals surface area contributed by atoms with Crippen LogP contribution in [0.2, 0.25) is 0 Å². The van der Waals surface area contributed by atoms with Crippen molar-refractivity contribution in [3.63, 3.8) is 0 Å². The van der Waals surface area contributed by atoms with Crippen LogP contribution in [0.5, 0.6) is 0 Å². The lowest BCUT2D eigenvalue weighted by atomic mass is 9.97. The molecule has 1 amide bonds. The summed E-state index contributed by atoms with van der Waals surface area (Å²) in [6, 6.07) is 4.95. The van der Waals surface area contributed by atoms with Crippen LogP contribution in [0.25, 0.3) is 0 Å². The molecule has 1 fully saturated rings. The molecule has 1 unspecified atom stereocenters. The highest BCUT2D eigenvalue weighted by atomic mass is 19.1. The van der Waals surface area contributed by atoms with E-state index >= 15 is 0 Å². The van der Waals surface area contributed by atoms with Crippen LogP contribution in [0, 0.1) is 18.7 Å². The highest BCUT2D eigenvalue weighted by Crippen LogP contribution is 2.18. The van der Waals surface area contributed by atoms with Gasteiger partial charge in [0.05, 0.1) is 12.0 Å². The van der Waals surface area contributed by atoms with Crippen LogP contribution in [0.3, 0.4) is 0 Å². The first-order chi connectivity index (χ1) is 9.08. The Kier molecular flexibility index (Phi) is 4.53. The monoisotopic (exact) mass is 264 g/mol. The molecular weight excluding hydrogens is 243 g/mol. The number of carbonyl (C=O) groups excluding carboxylic acids is 1. The van der Waals surface area contributed by atoms with Crippen molar-refractivity contribution in [2.45, 2.75) is 32.7 Å². The van der Waals surface area contributed by atoms with Crippen molar-refractivity contribution >= 4 is 5.91 Å². The maximum Gasteiger partial charge on any atom is 0.224 e. The van der Waals surface area contributed by atoms with Gasteiger partial charge in [-0.2, -0.15) is 0 Å². The van der Waals surface area contributed by atoms with Crippen molar-refractivity contribution in [2.75, 3.05) is 13.1 Å². The first-order valence-corrected chi connectivity index (χ1v) is 6.85. The molecule has 2 N–H and O–H groups in total. The van der Waals surface area contributed by atoms with Gasteiger partial charge in [0.15, 0.2) is 0 Å². The maximum atomic E-state index is 13.5. The first-order valence-electron chi connectivity index (χ1n) is 6.85. The van der Waals surface area contributed by atoms with Crippen LogP contribution < -0.4 is 10.6 Å². The predicted molar refractivity (Wildman–Crippen MR) is 73.3 cm³/mol. The van der Waals surface area contributed by atoms with Gasteiger partial charge >= 0.3 is 0 Å². The van der Waals surface area contributed by atoms with Crippen molar-refractivity contribution in [3.8, 4) is 0 Å². The number of hydrogen-bond acceptors (Lipinski definition) is 2. The number of rotatable bonds is 3. The van der Waals surface area contributed by atoms with E-state index in [4.69, 9.17) is 0 Å². The fraction of sp³-hybridized carbons (Fsp3) is 0.533. The lowest BCUT2D eigenvalue weighted by Gasteiger charge is -2.24. The third-order valence-corrected chi connectivity index (χ3v) is 3.72. The second-order valence-corrected chi connectivity index (χ2v) is 5.28. The topological polar surface area (TPSA) is 41.1 Å². The summed E-state index contributed by atoms with van der Waals surface area (Å²) in [7, 11) is 0. The zero-order valence-corrected chi connectivity index (χ0v) is 11.5. The number of aryl methyl sites for hydroxylation is 1. The molecule has 0 aliphatic carbocycles. The van der Waals surface area contributed by atoms with Gasteiger partial charge < -0.3 is 10.6 Å². The average Bonchev–Trinajstić information content (AvgIpc) is 2.42. The van der Waals surface area contributed by atoms with Gasteiger partial charge in [-0.15, -0.1) is 0 Å². The van der Waals surface area contributed by atoms with E-state index < -0.39 is 0 Å². The lowest BCUT2D eigenvalue weighted by molar-refractivity contribution is -0.126. The highest BCUT2D eigenvalue weighted by molar-refractivity contribution is 5.79. The SMILES string of the molecule is Cc1ccc(C(C)NC(=O)[C@H]2CCCNC2)cc1F. The molecule has 104 valence electrons. The minimum Gasteiger partial charge on any atom is -0.349 e. The molecule has 1 aromatic rings. The van der Waals surface area contributed by atoms with E-state index in [0.29, 0.717) is 5.56 Å². The number of benzene rings is 1. The molecule has 0 spiro atoms. The average molecular weight is 264 g/mol. The second kappa shape index (κ2) is 6.15. The summed E-state index contributed by atoms with van der Waals surface area (Å²) in [4.78, 5) is 12.1. The third kappa shape index (κ3) is 3.53. The van der Waals surface area contributed by atoms with Crippen molar-refractivity contribution in [2.24, 2.45) is 5.92 Å². The number of carbonyl (C=O) groups is 1. The van der Waals surface area contributed by atoms with Crippen molar-refractivity contribution in [1.82, 2.24) is 10.6 Å². The van der Waals surface area contributed by atoms with Gasteiger partial charge in [-0.3, -0.25) is 4.79 Å². The molecular formula is C15H21FN2O. The number of hydrogen-bond donors (Lipinski definition) is 2. The van der Waals surface area contributed by atoms with E-state index in [-0.39, 0.29) is 23.7 Å². The first kappa shape index (κ1) is 14.0. The molecule has 0 radical (unpaired) electrons. The second-order valence-electron chi connectivity index (χ2n) is 5.28. The number of amides is 1. The highest BCUT2D eigenvalue weighted by Gasteiger charge is 2.22. The number of nitrogens with one attached hydrogen (secondary N) is 2. The van der Waals surface area contributed by atoms with E-state index in [2.05, 4.69) is 10.6 Å². The Balaban J connectivity index is 1.97. The molecule has 0 bridgehead atoms. The smallest absolute Gasteiger partial charge is 0.224 e. The van der Waals surface area contributed by atoms with Crippen LogP contribution in [0.15, 0.2) is 18.2 Å². The van der Waals surface area contributed by atoms with Crippen molar-refractivity contribution in [1.29, 1.82) is 0 Å². The Labute approximate surface area is 113 Å². The van der Waals surface area contributed by atoms with E-state index in [1.807, 2.05) is 13.0 Å². The van der Waals surface area contributed by atoms with E-state index in [1.165, 1.54) is 6.07 Å². The van der Waals surface area contributed by atoms with Crippen molar-refractivity contribution < 1.29 is 9.18 Å². The van der Waals surface area contributed by atoms with Gasteiger partial charge in [-0.25, -0.2) is 4.39 Å². The van der Waals surface area contributed by atoms with Gasteiger partial charge in [0, 0.05) is 6.54 Å². The summed E-state index contributed by atoms with van der Waals surface area (Å²) in [6.07, 6.45) is 1.96. The minimum atomic E-state index is -0.224. The quantitative estimate of drug-likeness (QED) is 0.879. The molecule has 1 saturated heterocycles. The predicted octanol–water partition coefficient (Wildman–Crippen LogP) is 2.31. The van der Waals surface area contributed by atoms with Gasteiger partial charge in [0.2, 0.25) is 5.91 Å². The molecule has 1 aliphatic rings.